The Balaban J connectivity index is 1.38. The number of anilines is 1. The molecule has 0 saturated carbocycles. The molecule has 2 heterocycles. The molecule has 10 heteroatoms. The summed E-state index contributed by atoms with van der Waals surface area (Å²) >= 11 is 0. The van der Waals surface area contributed by atoms with E-state index in [1.807, 2.05) is 67.0 Å². The number of hydrogen-bond donors (Lipinski definition) is 3. The number of fused-ring (bicyclic) bond motifs is 1. The zero-order valence-corrected chi connectivity index (χ0v) is 23.0. The molecule has 0 spiro atoms. The number of esters is 1. The van der Waals surface area contributed by atoms with Crippen LogP contribution in [0.4, 0.5) is 10.5 Å². The van der Waals surface area contributed by atoms with Gasteiger partial charge in [-0.1, -0.05) is 55.5 Å². The SMILES string of the molecule is CCOC(=O)CNC(=O)Nc1cccc([C@@H]2O[C@H](Cn3cnc4ccccc43)[C@H](C)[C@H](c3ccc(CO)cc3)O2)c1. The molecule has 4 atom stereocenters. The van der Waals surface area contributed by atoms with Crippen molar-refractivity contribution in [3.63, 3.8) is 0 Å². The summed E-state index contributed by atoms with van der Waals surface area (Å²) < 4.78 is 20.1. The third-order valence-electron chi connectivity index (χ3n) is 7.14. The average Bonchev–Trinajstić information content (AvgIpc) is 3.40. The fourth-order valence-corrected chi connectivity index (χ4v) is 4.98. The summed E-state index contributed by atoms with van der Waals surface area (Å²) in [4.78, 5) is 28.5. The maximum absolute atomic E-state index is 12.4. The molecule has 10 nitrogen and oxygen atoms in total. The van der Waals surface area contributed by atoms with E-state index in [0.29, 0.717) is 12.2 Å². The normalized spacial score (nSPS) is 20.5. The molecule has 3 aromatic carbocycles. The van der Waals surface area contributed by atoms with E-state index in [1.165, 1.54) is 0 Å². The molecule has 214 valence electrons. The van der Waals surface area contributed by atoms with Crippen LogP contribution in [0.25, 0.3) is 11.0 Å². The van der Waals surface area contributed by atoms with Gasteiger partial charge in [0, 0.05) is 17.2 Å². The van der Waals surface area contributed by atoms with Gasteiger partial charge in [0.15, 0.2) is 6.29 Å². The lowest BCUT2D eigenvalue weighted by Crippen LogP contribution is -2.39. The Morgan fingerprint density at radius 1 is 1.02 bits per heavy atom. The first-order valence-corrected chi connectivity index (χ1v) is 13.7. The maximum Gasteiger partial charge on any atom is 0.325 e. The first kappa shape index (κ1) is 28.3. The van der Waals surface area contributed by atoms with Crippen LogP contribution in [0.2, 0.25) is 0 Å². The number of nitrogens with zero attached hydrogens (tertiary/aromatic N) is 2. The van der Waals surface area contributed by atoms with Crippen LogP contribution in [-0.2, 0) is 32.2 Å². The summed E-state index contributed by atoms with van der Waals surface area (Å²) in [5.41, 5.74) is 5.01. The van der Waals surface area contributed by atoms with Gasteiger partial charge in [-0.05, 0) is 42.3 Å². The van der Waals surface area contributed by atoms with Crippen molar-refractivity contribution in [1.29, 1.82) is 0 Å². The second-order valence-electron chi connectivity index (χ2n) is 9.95. The molecule has 41 heavy (non-hydrogen) atoms. The van der Waals surface area contributed by atoms with E-state index in [2.05, 4.69) is 27.1 Å². The Hall–Kier alpha value is -4.25. The third kappa shape index (κ3) is 6.74. The predicted octanol–water partition coefficient (Wildman–Crippen LogP) is 4.70. The van der Waals surface area contributed by atoms with Crippen LogP contribution < -0.4 is 10.6 Å². The minimum absolute atomic E-state index is 0.0117. The topological polar surface area (TPSA) is 124 Å². The van der Waals surface area contributed by atoms with Crippen molar-refractivity contribution in [2.24, 2.45) is 5.92 Å². The van der Waals surface area contributed by atoms with Crippen molar-refractivity contribution in [3.05, 3.63) is 95.8 Å². The van der Waals surface area contributed by atoms with E-state index in [9.17, 15) is 14.7 Å². The van der Waals surface area contributed by atoms with Crippen LogP contribution in [0, 0.1) is 5.92 Å². The standard InChI is InChI=1S/C31H34N4O6/c1-3-39-28(37)16-32-31(38)34-24-8-6-7-23(15-24)30-40-27(17-35-19-33-25-9-4-5-10-26(25)35)20(2)29(41-30)22-13-11-21(18-36)12-14-22/h4-15,19-20,27,29-30,36H,3,16-18H2,1-2H3,(H2,32,34,38)/t20-,27+,29+,30+/m0/s1. The van der Waals surface area contributed by atoms with Crippen molar-refractivity contribution < 1.29 is 28.9 Å². The summed E-state index contributed by atoms with van der Waals surface area (Å²) in [6, 6.07) is 22.4. The van der Waals surface area contributed by atoms with Crippen molar-refractivity contribution in [3.8, 4) is 0 Å². The Bertz CT molecular complexity index is 1490. The van der Waals surface area contributed by atoms with Gasteiger partial charge in [0.2, 0.25) is 0 Å². The number of urea groups is 1. The fourth-order valence-electron chi connectivity index (χ4n) is 4.98. The van der Waals surface area contributed by atoms with Crippen molar-refractivity contribution >= 4 is 28.7 Å². The molecule has 0 aliphatic carbocycles. The van der Waals surface area contributed by atoms with E-state index in [4.69, 9.17) is 14.2 Å². The molecule has 0 bridgehead atoms. The highest BCUT2D eigenvalue weighted by molar-refractivity contribution is 5.91. The molecule has 0 radical (unpaired) electrons. The molecular formula is C31H34N4O6. The van der Waals surface area contributed by atoms with Crippen molar-refractivity contribution in [2.75, 3.05) is 18.5 Å². The zero-order valence-electron chi connectivity index (χ0n) is 23.0. The van der Waals surface area contributed by atoms with E-state index in [1.54, 1.807) is 19.1 Å². The lowest BCUT2D eigenvalue weighted by Gasteiger charge is -2.41. The number of amides is 2. The Morgan fingerprint density at radius 3 is 2.61 bits per heavy atom. The van der Waals surface area contributed by atoms with Gasteiger partial charge in [-0.2, -0.15) is 0 Å². The number of ether oxygens (including phenoxy) is 3. The molecule has 4 aromatic rings. The lowest BCUT2D eigenvalue weighted by molar-refractivity contribution is -0.276. The van der Waals surface area contributed by atoms with E-state index < -0.39 is 18.3 Å². The Kier molecular flexibility index (Phi) is 8.93. The number of carbonyl (C=O) groups is 2. The number of para-hydroxylation sites is 2. The van der Waals surface area contributed by atoms with Crippen LogP contribution in [0.1, 0.15) is 42.9 Å². The molecule has 0 unspecified atom stereocenters. The van der Waals surface area contributed by atoms with Crippen molar-refractivity contribution in [2.45, 2.75) is 45.5 Å². The molecule has 1 aliphatic heterocycles. The summed E-state index contributed by atoms with van der Waals surface area (Å²) in [5.74, 6) is -0.522. The molecular weight excluding hydrogens is 524 g/mol. The van der Waals surface area contributed by atoms with Crippen LogP contribution >= 0.6 is 0 Å². The molecule has 1 saturated heterocycles. The highest BCUT2D eigenvalue weighted by Crippen LogP contribution is 2.42. The first-order chi connectivity index (χ1) is 19.9. The minimum Gasteiger partial charge on any atom is -0.465 e. The summed E-state index contributed by atoms with van der Waals surface area (Å²) in [6.45, 7) is 4.37. The monoisotopic (exact) mass is 558 g/mol. The van der Waals surface area contributed by atoms with Gasteiger partial charge in [0.05, 0.1) is 49.3 Å². The number of benzene rings is 3. The number of hydrogen-bond acceptors (Lipinski definition) is 7. The molecule has 1 aromatic heterocycles. The molecule has 2 amide bonds. The quantitative estimate of drug-likeness (QED) is 0.254. The predicted molar refractivity (Wildman–Crippen MR) is 153 cm³/mol. The maximum atomic E-state index is 12.4. The largest absolute Gasteiger partial charge is 0.465 e. The number of aliphatic hydroxyl groups is 1. The summed E-state index contributed by atoms with van der Waals surface area (Å²) in [5, 5.41) is 14.7. The smallest absolute Gasteiger partial charge is 0.325 e. The van der Waals surface area contributed by atoms with E-state index >= 15 is 0 Å². The Labute approximate surface area is 238 Å². The third-order valence-corrected chi connectivity index (χ3v) is 7.14. The molecule has 5 rings (SSSR count). The second-order valence-corrected chi connectivity index (χ2v) is 9.95. The fraction of sp³-hybridized carbons (Fsp3) is 0.323. The number of aromatic nitrogens is 2. The van der Waals surface area contributed by atoms with Crippen LogP contribution in [0.3, 0.4) is 0 Å². The lowest BCUT2D eigenvalue weighted by atomic mass is 9.90. The highest BCUT2D eigenvalue weighted by Gasteiger charge is 2.38. The highest BCUT2D eigenvalue weighted by atomic mass is 16.7. The van der Waals surface area contributed by atoms with Crippen LogP contribution in [0.5, 0.6) is 0 Å². The van der Waals surface area contributed by atoms with Gasteiger partial charge in [0.1, 0.15) is 6.54 Å². The number of aliphatic hydroxyl groups excluding tert-OH is 1. The average molecular weight is 559 g/mol. The number of carbonyl (C=O) groups excluding carboxylic acids is 2. The van der Waals surface area contributed by atoms with E-state index in [0.717, 1.165) is 27.7 Å². The van der Waals surface area contributed by atoms with Crippen LogP contribution in [0.15, 0.2) is 79.1 Å². The molecule has 3 N–H and O–H groups in total. The van der Waals surface area contributed by atoms with Crippen molar-refractivity contribution in [1.82, 2.24) is 14.9 Å². The van der Waals surface area contributed by atoms with Crippen LogP contribution in [-0.4, -0.2) is 45.9 Å². The molecule has 1 aliphatic rings. The minimum atomic E-state index is -0.710. The second kappa shape index (κ2) is 12.9. The van der Waals surface area contributed by atoms with Gasteiger partial charge in [-0.15, -0.1) is 0 Å². The van der Waals surface area contributed by atoms with E-state index in [-0.39, 0.29) is 37.9 Å². The summed E-state index contributed by atoms with van der Waals surface area (Å²) in [6.07, 6.45) is 0.609. The van der Waals surface area contributed by atoms with Gasteiger partial charge in [0.25, 0.3) is 0 Å². The number of imidazole rings is 1. The van der Waals surface area contributed by atoms with Gasteiger partial charge in [-0.25, -0.2) is 9.78 Å². The first-order valence-electron chi connectivity index (χ1n) is 13.7. The Morgan fingerprint density at radius 2 is 1.83 bits per heavy atom. The van der Waals surface area contributed by atoms with Gasteiger partial charge < -0.3 is 34.5 Å². The summed E-state index contributed by atoms with van der Waals surface area (Å²) in [7, 11) is 0. The number of nitrogens with one attached hydrogen (secondary N) is 2. The number of rotatable bonds is 9. The van der Waals surface area contributed by atoms with Gasteiger partial charge in [-0.3, -0.25) is 4.79 Å². The molecule has 1 fully saturated rings. The zero-order chi connectivity index (χ0) is 28.8. The van der Waals surface area contributed by atoms with Gasteiger partial charge >= 0.3 is 12.0 Å².